The predicted molar refractivity (Wildman–Crippen MR) is 129 cm³/mol. The van der Waals surface area contributed by atoms with E-state index in [0.717, 1.165) is 12.2 Å². The molecule has 6 N–H and O–H groups in total. The first-order valence-corrected chi connectivity index (χ1v) is 10.8. The number of amides is 4. The Hall–Kier alpha value is -4.29. The number of carboxylic acid groups (broad SMARTS) is 1. The van der Waals surface area contributed by atoms with Crippen LogP contribution in [-0.2, 0) is 24.0 Å². The van der Waals surface area contributed by atoms with Gasteiger partial charge in [0.2, 0.25) is 29.6 Å². The zero-order valence-corrected chi connectivity index (χ0v) is 19.9. The number of nitrogens with zero attached hydrogens (tertiary/aromatic N) is 2. The van der Waals surface area contributed by atoms with Crippen LogP contribution in [0, 0.1) is 5.92 Å². The molecule has 0 fully saturated rings. The molecule has 2 atom stereocenters. The second-order valence-corrected chi connectivity index (χ2v) is 7.74. The number of nitrogens with one attached hydrogen (secondary N) is 5. The van der Waals surface area contributed by atoms with Crippen molar-refractivity contribution in [3.8, 4) is 0 Å². The molecule has 0 spiro atoms. The molecule has 4 amide bonds. The third kappa shape index (κ3) is 10.5. The molecule has 0 aliphatic heterocycles. The van der Waals surface area contributed by atoms with Crippen molar-refractivity contribution in [2.75, 3.05) is 22.5 Å². The summed E-state index contributed by atoms with van der Waals surface area (Å²) in [6, 6.07) is -0.528. The fourth-order valence-corrected chi connectivity index (χ4v) is 2.61. The summed E-state index contributed by atoms with van der Waals surface area (Å²) in [5.74, 6) is -3.12. The molecule has 190 valence electrons. The Labute approximate surface area is 202 Å². The fraction of sp³-hybridized carbons (Fsp3) is 0.409. The molecule has 0 aromatic carbocycles. The molecule has 0 aliphatic rings. The zero-order valence-electron chi connectivity index (χ0n) is 19.9. The molecule has 0 unspecified atom stereocenters. The minimum Gasteiger partial charge on any atom is -0.480 e. The number of anilines is 3. The summed E-state index contributed by atoms with van der Waals surface area (Å²) < 4.78 is 0. The van der Waals surface area contributed by atoms with Gasteiger partial charge in [-0.2, -0.15) is 9.97 Å². The summed E-state index contributed by atoms with van der Waals surface area (Å²) >= 11 is 0. The molecule has 1 aromatic heterocycles. The quantitative estimate of drug-likeness (QED) is 0.161. The Bertz CT molecular complexity index is 939. The maximum Gasteiger partial charge on any atom is 0.325 e. The lowest BCUT2D eigenvalue weighted by Gasteiger charge is -2.23. The van der Waals surface area contributed by atoms with Crippen LogP contribution >= 0.6 is 0 Å². The van der Waals surface area contributed by atoms with E-state index in [2.05, 4.69) is 49.7 Å². The molecule has 1 heterocycles. The summed E-state index contributed by atoms with van der Waals surface area (Å²) in [6.45, 7) is 11.8. The molecule has 0 bridgehead atoms. The largest absolute Gasteiger partial charge is 0.480 e. The molecular weight excluding hydrogens is 458 g/mol. The Morgan fingerprint density at radius 3 is 2.14 bits per heavy atom. The van der Waals surface area contributed by atoms with E-state index in [4.69, 9.17) is 5.11 Å². The van der Waals surface area contributed by atoms with Gasteiger partial charge in [-0.15, -0.1) is 0 Å². The lowest BCUT2D eigenvalue weighted by molar-refractivity contribution is -0.142. The van der Waals surface area contributed by atoms with Crippen LogP contribution in [0.4, 0.5) is 17.6 Å². The van der Waals surface area contributed by atoms with Crippen LogP contribution in [0.1, 0.15) is 33.6 Å². The number of hydrogen-bond acceptors (Lipinski definition) is 8. The van der Waals surface area contributed by atoms with Gasteiger partial charge < -0.3 is 26.4 Å². The van der Waals surface area contributed by atoms with Crippen LogP contribution in [0.3, 0.4) is 0 Å². The predicted octanol–water partition coefficient (Wildman–Crippen LogP) is 0.648. The maximum absolute atomic E-state index is 12.3. The standard InChI is InChI=1S/C22H31N7O6/c1-6-16(30)25-15-11-14(26-22(27-15)29-17(31)7-2)23-10-8-9-18(32)28-19(12(3)4)20(33)24-13(5)21(34)35/h6-7,11-13,19H,1-2,8-10H2,3-5H3,(H,24,33)(H,28,32)(H,34,35)(H3,23,25,26,27,29,30,31)/t13-,19-/m0/s1. The van der Waals surface area contributed by atoms with E-state index in [-0.39, 0.29) is 35.8 Å². The number of carbonyl (C=O) groups is 5. The molecule has 13 heteroatoms. The van der Waals surface area contributed by atoms with Gasteiger partial charge in [0.25, 0.3) is 0 Å². The van der Waals surface area contributed by atoms with Crippen molar-refractivity contribution in [1.82, 2.24) is 20.6 Å². The van der Waals surface area contributed by atoms with E-state index >= 15 is 0 Å². The van der Waals surface area contributed by atoms with Gasteiger partial charge in [-0.1, -0.05) is 27.0 Å². The molecule has 1 aromatic rings. The summed E-state index contributed by atoms with van der Waals surface area (Å²) in [4.78, 5) is 66.9. The first kappa shape index (κ1) is 28.7. The first-order chi connectivity index (χ1) is 16.5. The van der Waals surface area contributed by atoms with Crippen molar-refractivity contribution in [2.24, 2.45) is 5.92 Å². The van der Waals surface area contributed by atoms with Gasteiger partial charge >= 0.3 is 5.97 Å². The van der Waals surface area contributed by atoms with Crippen molar-refractivity contribution in [3.63, 3.8) is 0 Å². The summed E-state index contributed by atoms with van der Waals surface area (Å²) in [6.07, 6.45) is 2.53. The topological polar surface area (TPSA) is 192 Å². The molecule has 1 rings (SSSR count). The number of aliphatic carboxylic acids is 1. The highest BCUT2D eigenvalue weighted by atomic mass is 16.4. The molecule has 0 saturated heterocycles. The summed E-state index contributed by atoms with van der Waals surface area (Å²) in [5.41, 5.74) is 0. The second kappa shape index (κ2) is 14.1. The van der Waals surface area contributed by atoms with E-state index in [1.165, 1.54) is 13.0 Å². The van der Waals surface area contributed by atoms with Crippen LogP contribution in [-0.4, -0.2) is 63.3 Å². The lowest BCUT2D eigenvalue weighted by atomic mass is 10.0. The average Bonchev–Trinajstić information content (AvgIpc) is 2.79. The number of hydrogen-bond donors (Lipinski definition) is 6. The van der Waals surface area contributed by atoms with Gasteiger partial charge in [0.05, 0.1) is 0 Å². The van der Waals surface area contributed by atoms with Crippen molar-refractivity contribution in [1.29, 1.82) is 0 Å². The average molecular weight is 490 g/mol. The molecule has 0 radical (unpaired) electrons. The monoisotopic (exact) mass is 489 g/mol. The van der Waals surface area contributed by atoms with Crippen molar-refractivity contribution in [2.45, 2.75) is 45.7 Å². The minimum absolute atomic E-state index is 0.0709. The highest BCUT2D eigenvalue weighted by Crippen LogP contribution is 2.15. The normalized spacial score (nSPS) is 12.0. The van der Waals surface area contributed by atoms with Crippen LogP contribution in [0.2, 0.25) is 0 Å². The Kier molecular flexibility index (Phi) is 11.6. The van der Waals surface area contributed by atoms with Crippen LogP contribution in [0.15, 0.2) is 31.4 Å². The number of carboxylic acids is 1. The molecule has 13 nitrogen and oxygen atoms in total. The maximum atomic E-state index is 12.3. The number of carbonyl (C=O) groups excluding carboxylic acids is 4. The van der Waals surface area contributed by atoms with Gasteiger partial charge in [-0.25, -0.2) is 0 Å². The Morgan fingerprint density at radius 1 is 0.971 bits per heavy atom. The van der Waals surface area contributed by atoms with Crippen LogP contribution in [0.25, 0.3) is 0 Å². The number of rotatable bonds is 14. The van der Waals surface area contributed by atoms with Gasteiger partial charge in [0.1, 0.15) is 23.7 Å². The highest BCUT2D eigenvalue weighted by Gasteiger charge is 2.26. The minimum atomic E-state index is -1.18. The number of aromatic nitrogens is 2. The molecule has 0 aliphatic carbocycles. The summed E-state index contributed by atoms with van der Waals surface area (Å²) in [5, 5.41) is 21.8. The highest BCUT2D eigenvalue weighted by molar-refractivity contribution is 5.99. The van der Waals surface area contributed by atoms with Crippen LogP contribution < -0.4 is 26.6 Å². The van der Waals surface area contributed by atoms with Gasteiger partial charge in [-0.3, -0.25) is 29.3 Å². The van der Waals surface area contributed by atoms with E-state index < -0.39 is 35.8 Å². The lowest BCUT2D eigenvalue weighted by Crippen LogP contribution is -2.53. The van der Waals surface area contributed by atoms with Crippen molar-refractivity contribution in [3.05, 3.63) is 31.4 Å². The first-order valence-electron chi connectivity index (χ1n) is 10.8. The van der Waals surface area contributed by atoms with E-state index in [1.54, 1.807) is 13.8 Å². The second-order valence-electron chi connectivity index (χ2n) is 7.74. The molecule has 35 heavy (non-hydrogen) atoms. The smallest absolute Gasteiger partial charge is 0.325 e. The van der Waals surface area contributed by atoms with Crippen molar-refractivity contribution < 1.29 is 29.1 Å². The van der Waals surface area contributed by atoms with Gasteiger partial charge in [0.15, 0.2) is 0 Å². The Morgan fingerprint density at radius 2 is 1.57 bits per heavy atom. The SMILES string of the molecule is C=CC(=O)Nc1cc(NCCCC(=O)N[C@H](C(=O)N[C@@H](C)C(=O)O)C(C)C)nc(NC(=O)C=C)n1. The third-order valence-corrected chi connectivity index (χ3v) is 4.46. The van der Waals surface area contributed by atoms with E-state index in [0.29, 0.717) is 13.0 Å². The van der Waals surface area contributed by atoms with Crippen LogP contribution in [0.5, 0.6) is 0 Å². The fourth-order valence-electron chi connectivity index (χ4n) is 2.61. The zero-order chi connectivity index (χ0) is 26.5. The van der Waals surface area contributed by atoms with E-state index in [9.17, 15) is 24.0 Å². The summed E-state index contributed by atoms with van der Waals surface area (Å²) in [7, 11) is 0. The Balaban J connectivity index is 2.70. The van der Waals surface area contributed by atoms with Gasteiger partial charge in [0, 0.05) is 19.0 Å². The van der Waals surface area contributed by atoms with Crippen molar-refractivity contribution >= 4 is 47.2 Å². The van der Waals surface area contributed by atoms with E-state index in [1.807, 2.05) is 0 Å². The molecule has 0 saturated carbocycles. The third-order valence-electron chi connectivity index (χ3n) is 4.46. The molecular formula is C22H31N7O6. The van der Waals surface area contributed by atoms with Gasteiger partial charge in [-0.05, 0) is 31.4 Å².